The number of nitrogens with zero attached hydrogens (tertiary/aromatic N) is 1. The number of nitro groups is 1. The summed E-state index contributed by atoms with van der Waals surface area (Å²) in [6, 6.07) is 6.48. The molecule has 19 heavy (non-hydrogen) atoms. The molecule has 0 atom stereocenters. The van der Waals surface area contributed by atoms with Crippen molar-refractivity contribution < 1.29 is 9.72 Å². The van der Waals surface area contributed by atoms with Crippen molar-refractivity contribution in [3.63, 3.8) is 0 Å². The molecule has 100 valence electrons. The van der Waals surface area contributed by atoms with E-state index in [-0.39, 0.29) is 17.6 Å². The van der Waals surface area contributed by atoms with Crippen LogP contribution < -0.4 is 5.32 Å². The molecule has 0 spiro atoms. The predicted octanol–water partition coefficient (Wildman–Crippen LogP) is 2.67. The second kappa shape index (κ2) is 6.13. The van der Waals surface area contributed by atoms with E-state index in [2.05, 4.69) is 5.32 Å². The average Bonchev–Trinajstić information content (AvgIpc) is 2.89. The number of nitrogens with one attached hydrogen (secondary N) is 1. The standard InChI is InChI=1S/C14H16N2O3/c17-14(15-12-5-1-2-6-12)9-8-11-4-3-7-13(10-11)16(18)19/h3-4,7-10,12H,1-2,5-6H2,(H,15,17). The van der Waals surface area contributed by atoms with Crippen molar-refractivity contribution in [2.75, 3.05) is 0 Å². The number of amides is 1. The van der Waals surface area contributed by atoms with Crippen LogP contribution in [0.1, 0.15) is 31.2 Å². The lowest BCUT2D eigenvalue weighted by molar-refractivity contribution is -0.384. The fraction of sp³-hybridized carbons (Fsp3) is 0.357. The number of carbonyl (C=O) groups is 1. The molecule has 0 aliphatic heterocycles. The third kappa shape index (κ3) is 3.91. The number of carbonyl (C=O) groups excluding carboxylic acids is 1. The molecule has 5 nitrogen and oxygen atoms in total. The van der Waals surface area contributed by atoms with E-state index in [9.17, 15) is 14.9 Å². The molecule has 0 heterocycles. The normalized spacial score (nSPS) is 15.8. The maximum Gasteiger partial charge on any atom is 0.270 e. The van der Waals surface area contributed by atoms with Gasteiger partial charge in [0.1, 0.15) is 0 Å². The Morgan fingerprint density at radius 2 is 2.11 bits per heavy atom. The largest absolute Gasteiger partial charge is 0.350 e. The summed E-state index contributed by atoms with van der Waals surface area (Å²) >= 11 is 0. The minimum Gasteiger partial charge on any atom is -0.350 e. The summed E-state index contributed by atoms with van der Waals surface area (Å²) in [4.78, 5) is 21.8. The molecule has 1 N–H and O–H groups in total. The van der Waals surface area contributed by atoms with Gasteiger partial charge < -0.3 is 5.32 Å². The van der Waals surface area contributed by atoms with Gasteiger partial charge >= 0.3 is 0 Å². The molecular formula is C14H16N2O3. The number of non-ortho nitro benzene ring substituents is 1. The summed E-state index contributed by atoms with van der Waals surface area (Å²) in [5.41, 5.74) is 0.675. The monoisotopic (exact) mass is 260 g/mol. The molecule has 0 aromatic heterocycles. The highest BCUT2D eigenvalue weighted by Gasteiger charge is 2.15. The van der Waals surface area contributed by atoms with Crippen molar-refractivity contribution >= 4 is 17.7 Å². The summed E-state index contributed by atoms with van der Waals surface area (Å²) in [6.45, 7) is 0. The summed E-state index contributed by atoms with van der Waals surface area (Å²) in [6.07, 6.45) is 7.43. The molecule has 2 rings (SSSR count). The first-order valence-corrected chi connectivity index (χ1v) is 6.38. The maximum absolute atomic E-state index is 11.7. The Bertz CT molecular complexity index is 505. The van der Waals surface area contributed by atoms with Crippen LogP contribution in [-0.4, -0.2) is 16.9 Å². The van der Waals surface area contributed by atoms with E-state index in [0.717, 1.165) is 12.8 Å². The van der Waals surface area contributed by atoms with Crippen molar-refractivity contribution in [3.8, 4) is 0 Å². The molecule has 1 fully saturated rings. The van der Waals surface area contributed by atoms with Crippen molar-refractivity contribution in [2.45, 2.75) is 31.7 Å². The van der Waals surface area contributed by atoms with Gasteiger partial charge in [0.25, 0.3) is 5.69 Å². The lowest BCUT2D eigenvalue weighted by Gasteiger charge is -2.08. The van der Waals surface area contributed by atoms with Crippen LogP contribution in [0.2, 0.25) is 0 Å². The van der Waals surface area contributed by atoms with Gasteiger partial charge in [-0.05, 0) is 24.5 Å². The molecular weight excluding hydrogens is 244 g/mol. The van der Waals surface area contributed by atoms with Gasteiger partial charge in [0.15, 0.2) is 0 Å². The quantitative estimate of drug-likeness (QED) is 0.514. The molecule has 0 bridgehead atoms. The van der Waals surface area contributed by atoms with Gasteiger partial charge in [-0.15, -0.1) is 0 Å². The minimum absolute atomic E-state index is 0.0263. The maximum atomic E-state index is 11.7. The molecule has 1 aromatic carbocycles. The van der Waals surface area contributed by atoms with E-state index >= 15 is 0 Å². The Hall–Kier alpha value is -2.17. The Labute approximate surface area is 111 Å². The second-order valence-corrected chi connectivity index (χ2v) is 4.68. The van der Waals surface area contributed by atoms with Gasteiger partial charge in [-0.2, -0.15) is 0 Å². The van der Waals surface area contributed by atoms with E-state index in [1.807, 2.05) is 0 Å². The highest BCUT2D eigenvalue weighted by Crippen LogP contribution is 2.17. The Morgan fingerprint density at radius 3 is 2.79 bits per heavy atom. The molecule has 0 radical (unpaired) electrons. The fourth-order valence-electron chi connectivity index (χ4n) is 2.23. The van der Waals surface area contributed by atoms with E-state index in [4.69, 9.17) is 0 Å². The molecule has 1 saturated carbocycles. The van der Waals surface area contributed by atoms with Gasteiger partial charge in [-0.25, -0.2) is 0 Å². The number of hydrogen-bond acceptors (Lipinski definition) is 3. The van der Waals surface area contributed by atoms with Gasteiger partial charge in [-0.1, -0.05) is 25.0 Å². The topological polar surface area (TPSA) is 72.2 Å². The van der Waals surface area contributed by atoms with Crippen LogP contribution in [0, 0.1) is 10.1 Å². The highest BCUT2D eigenvalue weighted by atomic mass is 16.6. The number of benzene rings is 1. The smallest absolute Gasteiger partial charge is 0.270 e. The first-order chi connectivity index (χ1) is 9.15. The van der Waals surface area contributed by atoms with E-state index < -0.39 is 4.92 Å². The Balaban J connectivity index is 1.95. The lowest BCUT2D eigenvalue weighted by atomic mass is 10.2. The van der Waals surface area contributed by atoms with Crippen LogP contribution in [0.3, 0.4) is 0 Å². The van der Waals surface area contributed by atoms with Crippen molar-refractivity contribution in [2.24, 2.45) is 0 Å². The second-order valence-electron chi connectivity index (χ2n) is 4.68. The molecule has 1 amide bonds. The fourth-order valence-corrected chi connectivity index (χ4v) is 2.23. The van der Waals surface area contributed by atoms with Crippen molar-refractivity contribution in [1.29, 1.82) is 0 Å². The number of nitro benzene ring substituents is 1. The third-order valence-corrected chi connectivity index (χ3v) is 3.21. The molecule has 0 saturated heterocycles. The Morgan fingerprint density at radius 1 is 1.37 bits per heavy atom. The van der Waals surface area contributed by atoms with Crippen LogP contribution in [0.25, 0.3) is 6.08 Å². The molecule has 5 heteroatoms. The van der Waals surface area contributed by atoms with E-state index in [0.29, 0.717) is 5.56 Å². The SMILES string of the molecule is O=C(C=Cc1cccc([N+](=O)[O-])c1)NC1CCCC1. The average molecular weight is 260 g/mol. The lowest BCUT2D eigenvalue weighted by Crippen LogP contribution is -2.30. The molecule has 1 aliphatic rings. The minimum atomic E-state index is -0.448. The molecule has 1 aliphatic carbocycles. The number of rotatable bonds is 4. The van der Waals surface area contributed by atoms with Crippen LogP contribution in [0.15, 0.2) is 30.3 Å². The third-order valence-electron chi connectivity index (χ3n) is 3.21. The van der Waals surface area contributed by atoms with Crippen molar-refractivity contribution in [3.05, 3.63) is 46.0 Å². The summed E-state index contributed by atoms with van der Waals surface area (Å²) in [5.74, 6) is -0.140. The van der Waals surface area contributed by atoms with Gasteiger partial charge in [0.05, 0.1) is 4.92 Å². The van der Waals surface area contributed by atoms with Crippen LogP contribution in [0.4, 0.5) is 5.69 Å². The zero-order valence-corrected chi connectivity index (χ0v) is 10.5. The zero-order chi connectivity index (χ0) is 13.7. The predicted molar refractivity (Wildman–Crippen MR) is 72.5 cm³/mol. The number of hydrogen-bond donors (Lipinski definition) is 1. The van der Waals surface area contributed by atoms with Crippen LogP contribution in [-0.2, 0) is 4.79 Å². The zero-order valence-electron chi connectivity index (χ0n) is 10.5. The first-order valence-electron chi connectivity index (χ1n) is 6.38. The van der Waals surface area contributed by atoms with Gasteiger partial charge in [0, 0.05) is 24.3 Å². The van der Waals surface area contributed by atoms with E-state index in [1.54, 1.807) is 18.2 Å². The first kappa shape index (κ1) is 13.3. The van der Waals surface area contributed by atoms with E-state index in [1.165, 1.54) is 31.1 Å². The summed E-state index contributed by atoms with van der Waals surface area (Å²) in [7, 11) is 0. The van der Waals surface area contributed by atoms with Crippen LogP contribution >= 0.6 is 0 Å². The van der Waals surface area contributed by atoms with Crippen LogP contribution in [0.5, 0.6) is 0 Å². The highest BCUT2D eigenvalue weighted by molar-refractivity contribution is 5.92. The van der Waals surface area contributed by atoms with Gasteiger partial charge in [-0.3, -0.25) is 14.9 Å². The summed E-state index contributed by atoms with van der Waals surface area (Å²) < 4.78 is 0. The Kier molecular flexibility index (Phi) is 4.28. The summed E-state index contributed by atoms with van der Waals surface area (Å²) in [5, 5.41) is 13.6. The van der Waals surface area contributed by atoms with Crippen molar-refractivity contribution in [1.82, 2.24) is 5.32 Å². The molecule has 0 unspecified atom stereocenters. The molecule has 1 aromatic rings. The van der Waals surface area contributed by atoms with Gasteiger partial charge in [0.2, 0.25) is 5.91 Å².